The lowest BCUT2D eigenvalue weighted by Crippen LogP contribution is -2.42. The summed E-state index contributed by atoms with van der Waals surface area (Å²) in [6, 6.07) is 0. The lowest BCUT2D eigenvalue weighted by atomic mass is 10.0. The van der Waals surface area contributed by atoms with Crippen LogP contribution < -0.4 is 0 Å². The topological polar surface area (TPSA) is 83.8 Å². The second-order valence-electron chi connectivity index (χ2n) is 7.89. The molecule has 0 rings (SSSR count). The van der Waals surface area contributed by atoms with Crippen LogP contribution in [0.4, 0.5) is 0 Å². The quantitative estimate of drug-likeness (QED) is 0.129. The van der Waals surface area contributed by atoms with Gasteiger partial charge >= 0.3 is 11.9 Å². The first-order chi connectivity index (χ1) is 14.0. The number of esters is 2. The van der Waals surface area contributed by atoms with E-state index in [1.165, 1.54) is 77.0 Å². The molecule has 0 radical (unpaired) electrons. The maximum Gasteiger partial charge on any atom is 0.352 e. The summed E-state index contributed by atoms with van der Waals surface area (Å²) in [6.07, 6.45) is 19.6. The average molecular weight is 411 g/mol. The van der Waals surface area contributed by atoms with Crippen LogP contribution in [-0.4, -0.2) is 34.4 Å². The Morgan fingerprint density at radius 3 is 1.66 bits per heavy atom. The minimum absolute atomic E-state index is 0.128. The van der Waals surface area contributed by atoms with Gasteiger partial charge in [-0.2, -0.15) is 0 Å². The van der Waals surface area contributed by atoms with Gasteiger partial charge in [0.15, 0.2) is 0 Å². The van der Waals surface area contributed by atoms with Crippen molar-refractivity contribution in [3.8, 4) is 0 Å². The Morgan fingerprint density at radius 1 is 0.862 bits per heavy atom. The van der Waals surface area contributed by atoms with Gasteiger partial charge in [0, 0.05) is 12.5 Å². The van der Waals surface area contributed by atoms with Gasteiger partial charge < -0.3 is 14.9 Å². The van der Waals surface area contributed by atoms with Gasteiger partial charge in [0.1, 0.15) is 0 Å². The van der Waals surface area contributed by atoms with Gasteiger partial charge in [-0.25, -0.2) is 4.79 Å². The van der Waals surface area contributed by atoms with E-state index in [0.717, 1.165) is 18.9 Å². The lowest BCUT2D eigenvalue weighted by molar-refractivity contribution is -0.172. The molecule has 5 heteroatoms. The first-order valence-electron chi connectivity index (χ1n) is 11.5. The fourth-order valence-electron chi connectivity index (χ4n) is 3.22. The summed E-state index contributed by atoms with van der Waals surface area (Å²) in [7, 11) is 0. The summed E-state index contributed by atoms with van der Waals surface area (Å²) in [5.41, 5.74) is -0.0414. The van der Waals surface area contributed by atoms with E-state index < -0.39 is 24.1 Å². The highest BCUT2D eigenvalue weighted by atomic mass is 16.6. The Labute approximate surface area is 177 Å². The SMILES string of the molecule is C=C=CC(O)(CO)C(=O)OC(=O)CCCCCCCCCCCCCCCCC. The first kappa shape index (κ1) is 27.6. The molecule has 0 saturated heterocycles. The fourth-order valence-corrected chi connectivity index (χ4v) is 3.22. The fraction of sp³-hybridized carbons (Fsp3) is 0.792. The van der Waals surface area contributed by atoms with Crippen molar-refractivity contribution in [1.29, 1.82) is 0 Å². The van der Waals surface area contributed by atoms with Gasteiger partial charge in [0.2, 0.25) is 5.60 Å². The molecule has 0 aromatic heterocycles. The third-order valence-corrected chi connectivity index (χ3v) is 5.13. The molecule has 0 aromatic carbocycles. The molecule has 0 fully saturated rings. The Hall–Kier alpha value is -1.42. The zero-order valence-corrected chi connectivity index (χ0v) is 18.4. The molecule has 0 spiro atoms. The lowest BCUT2D eigenvalue weighted by Gasteiger charge is -2.17. The molecule has 1 unspecified atom stereocenters. The van der Waals surface area contributed by atoms with Crippen LogP contribution in [0.5, 0.6) is 0 Å². The molecule has 0 bridgehead atoms. The maximum absolute atomic E-state index is 11.7. The minimum atomic E-state index is -2.26. The van der Waals surface area contributed by atoms with Crippen LogP contribution in [0.25, 0.3) is 0 Å². The Morgan fingerprint density at radius 2 is 1.28 bits per heavy atom. The summed E-state index contributed by atoms with van der Waals surface area (Å²) < 4.78 is 4.59. The summed E-state index contributed by atoms with van der Waals surface area (Å²) in [4.78, 5) is 23.4. The van der Waals surface area contributed by atoms with Crippen LogP contribution in [0.2, 0.25) is 0 Å². The molecular weight excluding hydrogens is 368 g/mol. The smallest absolute Gasteiger partial charge is 0.352 e. The van der Waals surface area contributed by atoms with Crippen LogP contribution in [-0.2, 0) is 14.3 Å². The highest BCUT2D eigenvalue weighted by molar-refractivity contribution is 5.91. The van der Waals surface area contributed by atoms with Crippen LogP contribution in [0.15, 0.2) is 18.4 Å². The van der Waals surface area contributed by atoms with Gasteiger partial charge in [-0.1, -0.05) is 103 Å². The summed E-state index contributed by atoms with van der Waals surface area (Å²) in [6.45, 7) is 4.60. The summed E-state index contributed by atoms with van der Waals surface area (Å²) >= 11 is 0. The molecule has 0 aliphatic rings. The third-order valence-electron chi connectivity index (χ3n) is 5.13. The predicted molar refractivity (Wildman–Crippen MR) is 116 cm³/mol. The number of ether oxygens (including phenoxy) is 1. The normalized spacial score (nSPS) is 12.8. The van der Waals surface area contributed by atoms with E-state index >= 15 is 0 Å². The molecular formula is C24H42O5. The third kappa shape index (κ3) is 15.1. The van der Waals surface area contributed by atoms with E-state index in [1.807, 2.05) is 0 Å². The van der Waals surface area contributed by atoms with E-state index in [-0.39, 0.29) is 6.42 Å². The van der Waals surface area contributed by atoms with Crippen LogP contribution in [0.3, 0.4) is 0 Å². The Kier molecular flexibility index (Phi) is 17.7. The standard InChI is InChI=1S/C24H42O5/c1-3-5-6-7-8-9-10-11-12-13-14-15-16-17-18-19-22(26)29-23(27)24(28,21-25)20-4-2/h20,25,28H,2-3,5-19,21H2,1H3. The number of carbonyl (C=O) groups excluding carboxylic acids is 2. The molecule has 0 saturated carbocycles. The molecule has 0 aromatic rings. The van der Waals surface area contributed by atoms with E-state index in [9.17, 15) is 14.7 Å². The molecule has 0 aliphatic carbocycles. The monoisotopic (exact) mass is 410 g/mol. The number of hydrogen-bond donors (Lipinski definition) is 2. The molecule has 0 aliphatic heterocycles. The first-order valence-corrected chi connectivity index (χ1v) is 11.5. The highest BCUT2D eigenvalue weighted by Gasteiger charge is 2.36. The number of aliphatic hydroxyl groups is 2. The van der Waals surface area contributed by atoms with E-state index in [0.29, 0.717) is 6.42 Å². The molecule has 5 nitrogen and oxygen atoms in total. The highest BCUT2D eigenvalue weighted by Crippen LogP contribution is 2.14. The maximum atomic E-state index is 11.7. The Balaban J connectivity index is 3.51. The van der Waals surface area contributed by atoms with Gasteiger partial charge in [-0.05, 0) is 6.42 Å². The van der Waals surface area contributed by atoms with Crippen LogP contribution >= 0.6 is 0 Å². The van der Waals surface area contributed by atoms with Gasteiger partial charge in [-0.3, -0.25) is 4.79 Å². The summed E-state index contributed by atoms with van der Waals surface area (Å²) in [5.74, 6) is -1.88. The molecule has 168 valence electrons. The zero-order valence-electron chi connectivity index (χ0n) is 18.4. The van der Waals surface area contributed by atoms with Gasteiger partial charge in [-0.15, -0.1) is 5.73 Å². The second kappa shape index (κ2) is 18.6. The van der Waals surface area contributed by atoms with Crippen LogP contribution in [0.1, 0.15) is 110 Å². The molecule has 0 heterocycles. The largest absolute Gasteiger partial charge is 0.392 e. The van der Waals surface area contributed by atoms with Gasteiger partial charge in [0.25, 0.3) is 0 Å². The summed E-state index contributed by atoms with van der Waals surface area (Å²) in [5, 5.41) is 18.9. The molecule has 0 amide bonds. The Bertz CT molecular complexity index is 482. The molecule has 1 atom stereocenters. The van der Waals surface area contributed by atoms with Crippen molar-refractivity contribution in [3.05, 3.63) is 18.4 Å². The molecule has 2 N–H and O–H groups in total. The number of rotatable bonds is 19. The zero-order chi connectivity index (χ0) is 21.8. The van der Waals surface area contributed by atoms with Crippen molar-refractivity contribution >= 4 is 11.9 Å². The van der Waals surface area contributed by atoms with Gasteiger partial charge in [0.05, 0.1) is 6.61 Å². The minimum Gasteiger partial charge on any atom is -0.392 e. The van der Waals surface area contributed by atoms with Crippen molar-refractivity contribution in [1.82, 2.24) is 0 Å². The average Bonchev–Trinajstić information content (AvgIpc) is 2.70. The van der Waals surface area contributed by atoms with Crippen molar-refractivity contribution in [2.75, 3.05) is 6.61 Å². The van der Waals surface area contributed by atoms with E-state index in [1.54, 1.807) is 0 Å². The van der Waals surface area contributed by atoms with E-state index in [4.69, 9.17) is 5.11 Å². The van der Waals surface area contributed by atoms with Crippen molar-refractivity contribution in [3.63, 3.8) is 0 Å². The van der Waals surface area contributed by atoms with Crippen molar-refractivity contribution in [2.45, 2.75) is 115 Å². The second-order valence-corrected chi connectivity index (χ2v) is 7.89. The number of aliphatic hydroxyl groups excluding tert-OH is 1. The number of unbranched alkanes of at least 4 members (excludes halogenated alkanes) is 14. The number of carbonyl (C=O) groups is 2. The van der Waals surface area contributed by atoms with E-state index in [2.05, 4.69) is 24.0 Å². The van der Waals surface area contributed by atoms with Crippen molar-refractivity contribution < 1.29 is 24.5 Å². The van der Waals surface area contributed by atoms with Crippen molar-refractivity contribution in [2.24, 2.45) is 0 Å². The predicted octanol–water partition coefficient (Wildman–Crippen LogP) is 5.38. The molecule has 29 heavy (non-hydrogen) atoms. The number of hydrogen-bond acceptors (Lipinski definition) is 5. The van der Waals surface area contributed by atoms with Crippen LogP contribution in [0, 0.1) is 0 Å².